The Kier molecular flexibility index (Phi) is 7.37. The van der Waals surface area contributed by atoms with Gasteiger partial charge < -0.3 is 10.1 Å². The smallest absolute Gasteiger partial charge is 0.261 e. The molecule has 0 bridgehead atoms. The van der Waals surface area contributed by atoms with Gasteiger partial charge in [0.1, 0.15) is 11.6 Å². The van der Waals surface area contributed by atoms with Gasteiger partial charge in [0.05, 0.1) is 28.1 Å². The van der Waals surface area contributed by atoms with Crippen LogP contribution in [0.2, 0.25) is 5.02 Å². The van der Waals surface area contributed by atoms with Crippen molar-refractivity contribution in [2.75, 3.05) is 11.3 Å². The number of hydrogen-bond acceptors (Lipinski definition) is 4. The van der Waals surface area contributed by atoms with Gasteiger partial charge in [-0.3, -0.25) is 9.52 Å². The lowest BCUT2D eigenvalue weighted by Gasteiger charge is -2.16. The monoisotopic (exact) mass is 476 g/mol. The third kappa shape index (κ3) is 5.77. The fourth-order valence-corrected chi connectivity index (χ4v) is 4.24. The largest absolute Gasteiger partial charge is 0.494 e. The van der Waals surface area contributed by atoms with Gasteiger partial charge in [-0.2, -0.15) is 0 Å². The van der Waals surface area contributed by atoms with Crippen molar-refractivity contribution in [3.05, 3.63) is 88.7 Å². The summed E-state index contributed by atoms with van der Waals surface area (Å²) < 4.78 is 46.2. The number of carbonyl (C=O) groups is 1. The summed E-state index contributed by atoms with van der Waals surface area (Å²) in [4.78, 5) is 12.7. The molecule has 0 aliphatic rings. The van der Waals surface area contributed by atoms with Crippen molar-refractivity contribution in [3.63, 3.8) is 0 Å². The highest BCUT2D eigenvalue weighted by Gasteiger charge is 2.20. The Bertz CT molecular complexity index is 1200. The maximum absolute atomic E-state index is 13.1. The predicted molar refractivity (Wildman–Crippen MR) is 122 cm³/mol. The lowest BCUT2D eigenvalue weighted by Crippen LogP contribution is -2.27. The number of nitrogens with one attached hydrogen (secondary N) is 2. The Morgan fingerprint density at radius 1 is 1.06 bits per heavy atom. The molecule has 1 amide bonds. The van der Waals surface area contributed by atoms with Crippen LogP contribution in [0, 0.1) is 5.82 Å². The van der Waals surface area contributed by atoms with Crippen LogP contribution in [0.1, 0.15) is 35.8 Å². The lowest BCUT2D eigenvalue weighted by molar-refractivity contribution is 0.0940. The van der Waals surface area contributed by atoms with Crippen molar-refractivity contribution in [3.8, 4) is 5.75 Å². The molecule has 3 aromatic carbocycles. The fourth-order valence-electron chi connectivity index (χ4n) is 2.95. The number of ether oxygens (including phenoxy) is 1. The molecule has 3 rings (SSSR count). The zero-order valence-electron chi connectivity index (χ0n) is 17.4. The molecule has 3 aromatic rings. The number of sulfonamides is 1. The average molecular weight is 477 g/mol. The maximum atomic E-state index is 13.1. The van der Waals surface area contributed by atoms with Crippen molar-refractivity contribution in [1.29, 1.82) is 0 Å². The van der Waals surface area contributed by atoms with Crippen LogP contribution in [0.4, 0.5) is 10.1 Å². The Morgan fingerprint density at radius 3 is 2.34 bits per heavy atom. The Hall–Kier alpha value is -3.10. The summed E-state index contributed by atoms with van der Waals surface area (Å²) in [6.45, 7) is 4.25. The second-order valence-electron chi connectivity index (χ2n) is 6.95. The van der Waals surface area contributed by atoms with Gasteiger partial charge in [0, 0.05) is 5.69 Å². The van der Waals surface area contributed by atoms with Gasteiger partial charge in [-0.25, -0.2) is 12.8 Å². The van der Waals surface area contributed by atoms with Crippen LogP contribution in [0.5, 0.6) is 5.75 Å². The van der Waals surface area contributed by atoms with E-state index >= 15 is 0 Å². The zero-order chi connectivity index (χ0) is 23.3. The van der Waals surface area contributed by atoms with Gasteiger partial charge in [-0.05, 0) is 74.0 Å². The minimum absolute atomic E-state index is 0.0198. The average Bonchev–Trinajstić information content (AvgIpc) is 2.76. The quantitative estimate of drug-likeness (QED) is 0.469. The molecule has 0 aromatic heterocycles. The molecule has 0 aliphatic heterocycles. The van der Waals surface area contributed by atoms with Crippen LogP contribution < -0.4 is 14.8 Å². The highest BCUT2D eigenvalue weighted by molar-refractivity contribution is 7.92. The third-order valence-corrected chi connectivity index (χ3v) is 6.34. The molecule has 32 heavy (non-hydrogen) atoms. The third-order valence-electron chi connectivity index (χ3n) is 4.63. The summed E-state index contributed by atoms with van der Waals surface area (Å²) in [7, 11) is -4.01. The molecule has 1 atom stereocenters. The van der Waals surface area contributed by atoms with Crippen molar-refractivity contribution in [2.45, 2.75) is 24.8 Å². The van der Waals surface area contributed by atoms with Crippen molar-refractivity contribution in [2.24, 2.45) is 0 Å². The Morgan fingerprint density at radius 2 is 1.72 bits per heavy atom. The van der Waals surface area contributed by atoms with E-state index in [1.54, 1.807) is 6.92 Å². The number of carbonyl (C=O) groups excluding carboxylic acids is 1. The van der Waals surface area contributed by atoms with Crippen molar-refractivity contribution in [1.82, 2.24) is 5.32 Å². The van der Waals surface area contributed by atoms with Crippen LogP contribution in [-0.2, 0) is 10.0 Å². The first-order valence-electron chi connectivity index (χ1n) is 9.81. The SMILES string of the molecule is CCOc1ccc(C(C)NC(=O)c2cc(S(=O)(=O)Nc3ccc(F)cc3)ccc2Cl)cc1. The molecule has 168 valence electrons. The summed E-state index contributed by atoms with van der Waals surface area (Å²) in [6.07, 6.45) is 0. The second-order valence-corrected chi connectivity index (χ2v) is 9.04. The van der Waals surface area contributed by atoms with E-state index in [2.05, 4.69) is 10.0 Å². The number of anilines is 1. The normalized spacial score (nSPS) is 12.1. The molecule has 9 heteroatoms. The first kappa shape index (κ1) is 23.6. The molecule has 0 heterocycles. The van der Waals surface area contributed by atoms with Gasteiger partial charge in [0.2, 0.25) is 0 Å². The standard InChI is InChI=1S/C23H22ClFN2O4S/c1-3-31-19-10-4-16(5-11-19)15(2)26-23(28)21-14-20(12-13-22(21)24)32(29,30)27-18-8-6-17(25)7-9-18/h4-15,27H,3H2,1-2H3,(H,26,28). The van der Waals surface area contributed by atoms with Gasteiger partial charge in [0.25, 0.3) is 15.9 Å². The van der Waals surface area contributed by atoms with E-state index in [-0.39, 0.29) is 27.2 Å². The van der Waals surface area contributed by atoms with E-state index in [4.69, 9.17) is 16.3 Å². The van der Waals surface area contributed by atoms with Crippen LogP contribution in [0.25, 0.3) is 0 Å². The topological polar surface area (TPSA) is 84.5 Å². The highest BCUT2D eigenvalue weighted by Crippen LogP contribution is 2.24. The molecule has 0 aliphatic carbocycles. The zero-order valence-corrected chi connectivity index (χ0v) is 19.0. The maximum Gasteiger partial charge on any atom is 0.261 e. The summed E-state index contributed by atoms with van der Waals surface area (Å²) in [5.41, 5.74) is 1.06. The van der Waals surface area contributed by atoms with E-state index in [1.165, 1.54) is 30.3 Å². The molecular formula is C23H22ClFN2O4S. The van der Waals surface area contributed by atoms with Crippen LogP contribution >= 0.6 is 11.6 Å². The van der Waals surface area contributed by atoms with Gasteiger partial charge in [0.15, 0.2) is 0 Å². The molecule has 0 radical (unpaired) electrons. The minimum atomic E-state index is -4.01. The van der Waals surface area contributed by atoms with Gasteiger partial charge in [-0.15, -0.1) is 0 Å². The van der Waals surface area contributed by atoms with E-state index in [0.29, 0.717) is 6.61 Å². The lowest BCUT2D eigenvalue weighted by atomic mass is 10.1. The highest BCUT2D eigenvalue weighted by atomic mass is 35.5. The van der Waals surface area contributed by atoms with Gasteiger partial charge in [-0.1, -0.05) is 23.7 Å². The Balaban J connectivity index is 1.78. The number of halogens is 2. The summed E-state index contributed by atoms with van der Waals surface area (Å²) in [5, 5.41) is 2.93. The Labute approximate surface area is 191 Å². The van der Waals surface area contributed by atoms with E-state index in [9.17, 15) is 17.6 Å². The molecule has 0 saturated heterocycles. The first-order valence-corrected chi connectivity index (χ1v) is 11.7. The number of benzene rings is 3. The van der Waals surface area contributed by atoms with E-state index in [0.717, 1.165) is 23.4 Å². The van der Waals surface area contributed by atoms with Crippen molar-refractivity contribution >= 4 is 33.2 Å². The summed E-state index contributed by atoms with van der Waals surface area (Å²) in [5.74, 6) is -0.278. The van der Waals surface area contributed by atoms with Crippen LogP contribution in [0.3, 0.4) is 0 Å². The van der Waals surface area contributed by atoms with Gasteiger partial charge >= 0.3 is 0 Å². The number of amides is 1. The molecule has 0 spiro atoms. The molecule has 0 fully saturated rings. The molecule has 2 N–H and O–H groups in total. The van der Waals surface area contributed by atoms with Crippen molar-refractivity contribution < 1.29 is 22.3 Å². The molecule has 1 unspecified atom stereocenters. The summed E-state index contributed by atoms with van der Waals surface area (Å²) in [6, 6.07) is 15.7. The predicted octanol–water partition coefficient (Wildman–Crippen LogP) is 5.17. The fraction of sp³-hybridized carbons (Fsp3) is 0.174. The minimum Gasteiger partial charge on any atom is -0.494 e. The number of rotatable bonds is 8. The van der Waals surface area contributed by atoms with Crippen LogP contribution in [-0.4, -0.2) is 20.9 Å². The second kappa shape index (κ2) is 10.0. The van der Waals surface area contributed by atoms with E-state index < -0.39 is 21.7 Å². The molecule has 6 nitrogen and oxygen atoms in total. The number of hydrogen-bond donors (Lipinski definition) is 2. The first-order chi connectivity index (χ1) is 15.2. The molecule has 0 saturated carbocycles. The summed E-state index contributed by atoms with van der Waals surface area (Å²) >= 11 is 6.17. The van der Waals surface area contributed by atoms with E-state index in [1.807, 2.05) is 31.2 Å². The van der Waals surface area contributed by atoms with Crippen LogP contribution in [0.15, 0.2) is 71.6 Å². The molecular weight excluding hydrogens is 455 g/mol.